The Balaban J connectivity index is 1.22. The summed E-state index contributed by atoms with van der Waals surface area (Å²) < 4.78 is 32.0. The highest BCUT2D eigenvalue weighted by atomic mass is 19.1. The number of nitriles is 1. The van der Waals surface area contributed by atoms with E-state index in [4.69, 9.17) is 5.26 Å². The molecule has 6 rings (SSSR count). The predicted octanol–water partition coefficient (Wildman–Crippen LogP) is 2.82. The number of fused-ring (bicyclic) bond motifs is 1. The van der Waals surface area contributed by atoms with Gasteiger partial charge in [0.2, 0.25) is 0 Å². The van der Waals surface area contributed by atoms with Crippen LogP contribution in [-0.2, 0) is 6.42 Å². The molecule has 4 heterocycles. The molecule has 1 fully saturated rings. The molecule has 1 atom stereocenters. The number of hydrogen-bond donors (Lipinski definition) is 0. The first kappa shape index (κ1) is 20.4. The lowest BCUT2D eigenvalue weighted by atomic mass is 9.78. The Bertz CT molecular complexity index is 1490. The van der Waals surface area contributed by atoms with Crippen molar-refractivity contribution in [2.24, 2.45) is 0 Å². The van der Waals surface area contributed by atoms with Crippen molar-refractivity contribution in [1.82, 2.24) is 34.1 Å². The van der Waals surface area contributed by atoms with Crippen LogP contribution < -0.4 is 5.69 Å². The third-order valence-corrected chi connectivity index (χ3v) is 6.58. The SMILES string of the molecule is N#Cc1cnn(-c2nccc(C3CC(n4nc5n(c4=O)[C@H](c4cc(F)cc(F)c4)CC5)C3)n2)c1. The molecule has 1 aliphatic heterocycles. The van der Waals surface area contributed by atoms with Crippen LogP contribution in [0, 0.1) is 23.0 Å². The van der Waals surface area contributed by atoms with Crippen molar-refractivity contribution in [3.63, 3.8) is 0 Å². The highest BCUT2D eigenvalue weighted by Crippen LogP contribution is 2.43. The first-order valence-electron chi connectivity index (χ1n) is 10.9. The highest BCUT2D eigenvalue weighted by Gasteiger charge is 2.38. The molecule has 0 bridgehead atoms. The van der Waals surface area contributed by atoms with Gasteiger partial charge < -0.3 is 0 Å². The third kappa shape index (κ3) is 3.30. The lowest BCUT2D eigenvalue weighted by Crippen LogP contribution is -2.36. The number of benzene rings is 1. The molecule has 1 aromatic carbocycles. The normalized spacial score (nSPS) is 21.1. The molecule has 0 radical (unpaired) electrons. The van der Waals surface area contributed by atoms with Gasteiger partial charge in [-0.2, -0.15) is 15.5 Å². The number of halogens is 2. The van der Waals surface area contributed by atoms with Gasteiger partial charge in [-0.15, -0.1) is 0 Å². The quantitative estimate of drug-likeness (QED) is 0.464. The Morgan fingerprint density at radius 3 is 2.68 bits per heavy atom. The molecule has 4 aromatic rings. The lowest BCUT2D eigenvalue weighted by molar-refractivity contribution is 0.232. The Kier molecular flexibility index (Phi) is 4.62. The summed E-state index contributed by atoms with van der Waals surface area (Å²) in [6.07, 6.45) is 7.20. The monoisotopic (exact) mass is 460 g/mol. The van der Waals surface area contributed by atoms with Crippen molar-refractivity contribution in [3.05, 3.63) is 87.6 Å². The maximum absolute atomic E-state index is 13.7. The highest BCUT2D eigenvalue weighted by molar-refractivity contribution is 5.27. The van der Waals surface area contributed by atoms with E-state index in [1.807, 2.05) is 12.1 Å². The van der Waals surface area contributed by atoms with Gasteiger partial charge in [-0.25, -0.2) is 32.9 Å². The summed E-state index contributed by atoms with van der Waals surface area (Å²) in [6, 6.07) is 6.74. The molecule has 0 unspecified atom stereocenters. The van der Waals surface area contributed by atoms with Gasteiger partial charge in [-0.1, -0.05) is 0 Å². The van der Waals surface area contributed by atoms with Crippen LogP contribution in [0.3, 0.4) is 0 Å². The summed E-state index contributed by atoms with van der Waals surface area (Å²) in [5.41, 5.74) is 1.44. The summed E-state index contributed by atoms with van der Waals surface area (Å²) in [5.74, 6) is -0.165. The van der Waals surface area contributed by atoms with E-state index in [-0.39, 0.29) is 17.6 Å². The Morgan fingerprint density at radius 1 is 1.15 bits per heavy atom. The molecular formula is C23H18F2N8O. The van der Waals surface area contributed by atoms with E-state index in [9.17, 15) is 13.6 Å². The fourth-order valence-corrected chi connectivity index (χ4v) is 4.85. The van der Waals surface area contributed by atoms with Gasteiger partial charge in [-0.3, -0.25) is 4.57 Å². The minimum atomic E-state index is -0.658. The molecule has 2 aliphatic rings. The van der Waals surface area contributed by atoms with E-state index >= 15 is 0 Å². The van der Waals surface area contributed by atoms with Crippen molar-refractivity contribution in [1.29, 1.82) is 5.26 Å². The van der Waals surface area contributed by atoms with Crippen LogP contribution in [0.2, 0.25) is 0 Å². The van der Waals surface area contributed by atoms with Crippen molar-refractivity contribution >= 4 is 0 Å². The van der Waals surface area contributed by atoms with Crippen LogP contribution >= 0.6 is 0 Å². The molecule has 11 heteroatoms. The van der Waals surface area contributed by atoms with Gasteiger partial charge in [0.05, 0.1) is 30.0 Å². The summed E-state index contributed by atoms with van der Waals surface area (Å²) in [7, 11) is 0. The second-order valence-electron chi connectivity index (χ2n) is 8.66. The molecule has 1 saturated carbocycles. The van der Waals surface area contributed by atoms with Gasteiger partial charge >= 0.3 is 5.69 Å². The first-order valence-corrected chi connectivity index (χ1v) is 10.9. The van der Waals surface area contributed by atoms with E-state index in [1.165, 1.54) is 27.7 Å². The van der Waals surface area contributed by atoms with E-state index in [2.05, 4.69) is 20.2 Å². The standard InChI is InChI=1S/C23H18F2N8O/c24-16-5-15(6-17(25)9-16)20-1-2-21-30-33(23(34)32(20)21)18-7-14(8-18)19-3-4-27-22(29-19)31-12-13(10-26)11-28-31/h3-6,9,11-12,14,18,20H,1-2,7-8H2/t14?,18?,20-/m0/s1. The van der Waals surface area contributed by atoms with Gasteiger partial charge in [0.25, 0.3) is 5.95 Å². The average molecular weight is 460 g/mol. The maximum Gasteiger partial charge on any atom is 0.346 e. The molecule has 0 N–H and O–H groups in total. The largest absolute Gasteiger partial charge is 0.346 e. The van der Waals surface area contributed by atoms with Crippen LogP contribution in [0.1, 0.15) is 59.9 Å². The van der Waals surface area contributed by atoms with Crippen LogP contribution in [0.5, 0.6) is 0 Å². The fourth-order valence-electron chi connectivity index (χ4n) is 4.85. The molecule has 3 aromatic heterocycles. The molecule has 0 spiro atoms. The molecule has 0 amide bonds. The fraction of sp³-hybridized carbons (Fsp3) is 0.304. The minimum Gasteiger partial charge on any atom is -0.271 e. The van der Waals surface area contributed by atoms with Gasteiger partial charge in [0, 0.05) is 30.3 Å². The number of nitrogens with zero attached hydrogens (tertiary/aromatic N) is 8. The minimum absolute atomic E-state index is 0.0752. The summed E-state index contributed by atoms with van der Waals surface area (Å²) >= 11 is 0. The van der Waals surface area contributed by atoms with E-state index in [0.29, 0.717) is 48.6 Å². The second-order valence-corrected chi connectivity index (χ2v) is 8.66. The van der Waals surface area contributed by atoms with Crippen LogP contribution in [-0.4, -0.2) is 34.1 Å². The predicted molar refractivity (Wildman–Crippen MR) is 114 cm³/mol. The maximum atomic E-state index is 13.7. The van der Waals surface area contributed by atoms with Crippen molar-refractivity contribution in [3.8, 4) is 12.0 Å². The third-order valence-electron chi connectivity index (χ3n) is 6.58. The Labute approximate surface area is 191 Å². The van der Waals surface area contributed by atoms with E-state index in [1.54, 1.807) is 17.0 Å². The molecule has 9 nitrogen and oxygen atoms in total. The van der Waals surface area contributed by atoms with Gasteiger partial charge in [0.15, 0.2) is 0 Å². The summed E-state index contributed by atoms with van der Waals surface area (Å²) in [6.45, 7) is 0. The van der Waals surface area contributed by atoms with Crippen molar-refractivity contribution < 1.29 is 8.78 Å². The second kappa shape index (κ2) is 7.69. The number of aryl methyl sites for hydroxylation is 1. The first-order chi connectivity index (χ1) is 16.5. The molecule has 0 saturated heterocycles. The Hall–Kier alpha value is -4.20. The van der Waals surface area contributed by atoms with Crippen molar-refractivity contribution in [2.75, 3.05) is 0 Å². The zero-order valence-electron chi connectivity index (χ0n) is 17.8. The molecule has 34 heavy (non-hydrogen) atoms. The molecule has 1 aliphatic carbocycles. The topological polar surface area (TPSA) is 107 Å². The smallest absolute Gasteiger partial charge is 0.271 e. The van der Waals surface area contributed by atoms with Crippen LogP contribution in [0.25, 0.3) is 5.95 Å². The van der Waals surface area contributed by atoms with Crippen LogP contribution in [0.15, 0.2) is 47.7 Å². The van der Waals surface area contributed by atoms with Crippen LogP contribution in [0.4, 0.5) is 8.78 Å². The average Bonchev–Trinajstić information content (AvgIpc) is 3.50. The molecule has 170 valence electrons. The summed E-state index contributed by atoms with van der Waals surface area (Å²) in [5, 5.41) is 17.6. The number of aromatic nitrogens is 7. The van der Waals surface area contributed by atoms with Gasteiger partial charge in [-0.05, 0) is 43.0 Å². The van der Waals surface area contributed by atoms with E-state index < -0.39 is 17.7 Å². The summed E-state index contributed by atoms with van der Waals surface area (Å²) in [4.78, 5) is 22.0. The molecular weight excluding hydrogens is 442 g/mol. The zero-order valence-corrected chi connectivity index (χ0v) is 17.8. The lowest BCUT2D eigenvalue weighted by Gasteiger charge is -2.34. The van der Waals surface area contributed by atoms with E-state index in [0.717, 1.165) is 11.8 Å². The number of rotatable bonds is 4. The zero-order chi connectivity index (χ0) is 23.4. The Morgan fingerprint density at radius 2 is 1.94 bits per heavy atom. The van der Waals surface area contributed by atoms with Gasteiger partial charge in [0.1, 0.15) is 23.5 Å². The van der Waals surface area contributed by atoms with Crippen molar-refractivity contribution in [2.45, 2.75) is 43.7 Å². The number of hydrogen-bond acceptors (Lipinski definition) is 6.